The van der Waals surface area contributed by atoms with Crippen LogP contribution in [0.25, 0.3) is 0 Å². The Morgan fingerprint density at radius 1 is 0.971 bits per heavy atom. The Hall–Kier alpha value is -3.71. The number of nitrogens with one attached hydrogen (secondary N) is 3. The number of carbonyl (C=O) groups excluding carboxylic acids is 3. The molecule has 1 aromatic rings. The molecular formula is C21H33N7O6. The molecule has 0 fully saturated rings. The van der Waals surface area contributed by atoms with Gasteiger partial charge in [0.2, 0.25) is 17.7 Å². The molecule has 3 amide bonds. The zero-order valence-corrected chi connectivity index (χ0v) is 18.9. The van der Waals surface area contributed by atoms with Crippen molar-refractivity contribution < 1.29 is 29.4 Å². The lowest BCUT2D eigenvalue weighted by Crippen LogP contribution is -2.57. The summed E-state index contributed by atoms with van der Waals surface area (Å²) < 4.78 is 0. The first-order chi connectivity index (χ1) is 16.0. The summed E-state index contributed by atoms with van der Waals surface area (Å²) in [6.07, 6.45) is 0.714. The van der Waals surface area contributed by atoms with Gasteiger partial charge >= 0.3 is 5.97 Å². The number of aliphatic hydroxyl groups excluding tert-OH is 1. The van der Waals surface area contributed by atoms with Crippen LogP contribution in [-0.2, 0) is 25.6 Å². The van der Waals surface area contributed by atoms with Gasteiger partial charge in [0.25, 0.3) is 0 Å². The van der Waals surface area contributed by atoms with Crippen molar-refractivity contribution >= 4 is 29.7 Å². The highest BCUT2D eigenvalue weighted by molar-refractivity contribution is 5.94. The van der Waals surface area contributed by atoms with Gasteiger partial charge in [0.15, 0.2) is 5.96 Å². The second kappa shape index (κ2) is 14.4. The molecule has 11 N–H and O–H groups in total. The highest BCUT2D eigenvalue weighted by Crippen LogP contribution is 2.04. The highest BCUT2D eigenvalue weighted by atomic mass is 16.4. The van der Waals surface area contributed by atoms with E-state index in [2.05, 4.69) is 20.9 Å². The quantitative estimate of drug-likeness (QED) is 0.0778. The van der Waals surface area contributed by atoms with Gasteiger partial charge in [-0.1, -0.05) is 30.3 Å². The molecule has 0 saturated heterocycles. The number of aliphatic imine (C=N–C) groups is 1. The van der Waals surface area contributed by atoms with Crippen molar-refractivity contribution in [3.63, 3.8) is 0 Å². The number of hydrogen-bond acceptors (Lipinski definition) is 7. The van der Waals surface area contributed by atoms with E-state index in [1.807, 2.05) is 0 Å². The monoisotopic (exact) mass is 479 g/mol. The summed E-state index contributed by atoms with van der Waals surface area (Å²) in [4.78, 5) is 52.4. The molecule has 4 unspecified atom stereocenters. The van der Waals surface area contributed by atoms with E-state index in [1.54, 1.807) is 30.3 Å². The molecule has 1 aromatic carbocycles. The van der Waals surface area contributed by atoms with Crippen molar-refractivity contribution in [1.29, 1.82) is 0 Å². The van der Waals surface area contributed by atoms with Crippen LogP contribution in [0.1, 0.15) is 25.3 Å². The highest BCUT2D eigenvalue weighted by Gasteiger charge is 2.28. The van der Waals surface area contributed by atoms with Gasteiger partial charge in [-0.15, -0.1) is 0 Å². The molecule has 0 bridgehead atoms. The third-order valence-electron chi connectivity index (χ3n) is 4.77. The second-order valence-corrected chi connectivity index (χ2v) is 7.62. The molecule has 34 heavy (non-hydrogen) atoms. The number of carboxylic acid groups (broad SMARTS) is 1. The van der Waals surface area contributed by atoms with E-state index in [0.717, 1.165) is 0 Å². The van der Waals surface area contributed by atoms with Crippen LogP contribution in [0.3, 0.4) is 0 Å². The molecule has 0 spiro atoms. The zero-order valence-electron chi connectivity index (χ0n) is 18.9. The van der Waals surface area contributed by atoms with Crippen molar-refractivity contribution in [3.8, 4) is 0 Å². The summed E-state index contributed by atoms with van der Waals surface area (Å²) in [6.45, 7) is 0.889. The molecule has 13 nitrogen and oxygen atoms in total. The van der Waals surface area contributed by atoms with Crippen LogP contribution in [0, 0.1) is 0 Å². The van der Waals surface area contributed by atoms with E-state index in [4.69, 9.17) is 17.2 Å². The van der Waals surface area contributed by atoms with Crippen LogP contribution >= 0.6 is 0 Å². The fraction of sp³-hybridized carbons (Fsp3) is 0.476. The van der Waals surface area contributed by atoms with E-state index in [-0.39, 0.29) is 25.3 Å². The Labute approximate surface area is 197 Å². The number of benzene rings is 1. The average Bonchev–Trinajstić information content (AvgIpc) is 2.79. The Kier molecular flexibility index (Phi) is 12.0. The van der Waals surface area contributed by atoms with Crippen molar-refractivity contribution in [2.24, 2.45) is 22.2 Å². The molecule has 0 aromatic heterocycles. The van der Waals surface area contributed by atoms with Crippen LogP contribution < -0.4 is 33.2 Å². The number of rotatable bonds is 14. The van der Waals surface area contributed by atoms with Gasteiger partial charge < -0.3 is 43.4 Å². The molecule has 0 saturated carbocycles. The molecule has 1 rings (SSSR count). The summed E-state index contributed by atoms with van der Waals surface area (Å²) in [5.74, 6) is -3.56. The maximum absolute atomic E-state index is 12.4. The van der Waals surface area contributed by atoms with Crippen LogP contribution in [-0.4, -0.2) is 77.2 Å². The maximum atomic E-state index is 12.4. The summed E-state index contributed by atoms with van der Waals surface area (Å²) in [6, 6.07) is 4.07. The zero-order chi connectivity index (χ0) is 25.7. The van der Waals surface area contributed by atoms with E-state index >= 15 is 0 Å². The van der Waals surface area contributed by atoms with E-state index in [0.29, 0.717) is 12.0 Å². The summed E-state index contributed by atoms with van der Waals surface area (Å²) in [5, 5.41) is 25.9. The molecule has 4 atom stereocenters. The standard InChI is InChI=1S/C21H33N7O6/c1-12(17(30)27-15(20(33)34)10-13-6-3-2-4-7-13)26-19(32)16(11-29)28-18(31)14(22)8-5-9-25-21(23)24/h2-4,6-7,12,14-16,29H,5,8-11,22H2,1H3,(H,26,32)(H,27,30)(H,28,31)(H,33,34)(H4,23,24,25). The smallest absolute Gasteiger partial charge is 0.326 e. The van der Waals surface area contributed by atoms with E-state index in [9.17, 15) is 29.4 Å². The number of aliphatic carboxylic acids is 1. The third kappa shape index (κ3) is 10.3. The molecule has 0 radical (unpaired) electrons. The van der Waals surface area contributed by atoms with Gasteiger partial charge in [0.1, 0.15) is 18.1 Å². The first-order valence-electron chi connectivity index (χ1n) is 10.6. The summed E-state index contributed by atoms with van der Waals surface area (Å²) in [5.41, 5.74) is 16.9. The van der Waals surface area contributed by atoms with Crippen LogP contribution in [0.15, 0.2) is 35.3 Å². The van der Waals surface area contributed by atoms with Gasteiger partial charge in [0, 0.05) is 13.0 Å². The van der Waals surface area contributed by atoms with Gasteiger partial charge in [-0.3, -0.25) is 19.4 Å². The van der Waals surface area contributed by atoms with Gasteiger partial charge in [0.05, 0.1) is 12.6 Å². The van der Waals surface area contributed by atoms with Gasteiger partial charge in [-0.25, -0.2) is 4.79 Å². The number of carboxylic acids is 1. The molecule has 0 heterocycles. The van der Waals surface area contributed by atoms with Crippen molar-refractivity contribution in [2.45, 2.75) is 50.4 Å². The second-order valence-electron chi connectivity index (χ2n) is 7.62. The third-order valence-corrected chi connectivity index (χ3v) is 4.77. The normalized spacial score (nSPS) is 14.1. The number of nitrogens with two attached hydrogens (primary N) is 3. The lowest BCUT2D eigenvalue weighted by molar-refractivity contribution is -0.142. The number of nitrogens with zero attached hydrogens (tertiary/aromatic N) is 1. The molecule has 0 aliphatic carbocycles. The lowest BCUT2D eigenvalue weighted by atomic mass is 10.1. The number of hydrogen-bond donors (Lipinski definition) is 8. The molecular weight excluding hydrogens is 446 g/mol. The van der Waals surface area contributed by atoms with Crippen LogP contribution in [0.5, 0.6) is 0 Å². The SMILES string of the molecule is CC(NC(=O)C(CO)NC(=O)C(N)CCCN=C(N)N)C(=O)NC(Cc1ccccc1)C(=O)O. The average molecular weight is 480 g/mol. The van der Waals surface area contributed by atoms with E-state index in [1.165, 1.54) is 6.92 Å². The minimum atomic E-state index is -1.36. The topological polar surface area (TPSA) is 235 Å². The largest absolute Gasteiger partial charge is 0.480 e. The summed E-state index contributed by atoms with van der Waals surface area (Å²) >= 11 is 0. The minimum absolute atomic E-state index is 0.0545. The minimum Gasteiger partial charge on any atom is -0.480 e. The number of aliphatic hydroxyl groups is 1. The van der Waals surface area contributed by atoms with Crippen molar-refractivity contribution in [1.82, 2.24) is 16.0 Å². The first kappa shape index (κ1) is 28.3. The number of amides is 3. The van der Waals surface area contributed by atoms with Crippen molar-refractivity contribution in [2.75, 3.05) is 13.2 Å². The molecule has 0 aliphatic heterocycles. The molecule has 13 heteroatoms. The van der Waals surface area contributed by atoms with Gasteiger partial charge in [-0.2, -0.15) is 0 Å². The fourth-order valence-corrected chi connectivity index (χ4v) is 2.85. The Balaban J connectivity index is 2.60. The maximum Gasteiger partial charge on any atom is 0.326 e. The van der Waals surface area contributed by atoms with Crippen LogP contribution in [0.2, 0.25) is 0 Å². The predicted octanol–water partition coefficient (Wildman–Crippen LogP) is -2.84. The van der Waals surface area contributed by atoms with Gasteiger partial charge in [-0.05, 0) is 25.3 Å². The Bertz CT molecular complexity index is 860. The molecule has 0 aliphatic rings. The fourth-order valence-electron chi connectivity index (χ4n) is 2.85. The van der Waals surface area contributed by atoms with Crippen LogP contribution in [0.4, 0.5) is 0 Å². The Morgan fingerprint density at radius 3 is 2.15 bits per heavy atom. The Morgan fingerprint density at radius 2 is 1.59 bits per heavy atom. The van der Waals surface area contributed by atoms with Crippen molar-refractivity contribution in [3.05, 3.63) is 35.9 Å². The lowest BCUT2D eigenvalue weighted by Gasteiger charge is -2.22. The first-order valence-corrected chi connectivity index (χ1v) is 10.6. The number of carbonyl (C=O) groups is 4. The molecule has 188 valence electrons. The number of guanidine groups is 1. The van der Waals surface area contributed by atoms with E-state index < -0.39 is 54.5 Å². The summed E-state index contributed by atoms with van der Waals surface area (Å²) in [7, 11) is 0. The predicted molar refractivity (Wildman–Crippen MR) is 124 cm³/mol.